The molecule has 0 aliphatic carbocycles. The van der Waals surface area contributed by atoms with Crippen molar-refractivity contribution in [3.8, 4) is 17.6 Å². The summed E-state index contributed by atoms with van der Waals surface area (Å²) in [5.74, 6) is 1.20. The molecule has 29 heavy (non-hydrogen) atoms. The Morgan fingerprint density at radius 1 is 1.07 bits per heavy atom. The van der Waals surface area contributed by atoms with Crippen LogP contribution in [0.4, 0.5) is 5.69 Å². The van der Waals surface area contributed by atoms with E-state index in [1.807, 2.05) is 41.3 Å². The number of carbonyl (C=O) groups is 1. The smallest absolute Gasteiger partial charge is 0.267 e. The number of anilines is 1. The first-order valence-corrected chi connectivity index (χ1v) is 9.54. The van der Waals surface area contributed by atoms with Gasteiger partial charge in [0, 0.05) is 44.6 Å². The van der Waals surface area contributed by atoms with Crippen molar-refractivity contribution in [1.82, 2.24) is 9.80 Å². The van der Waals surface area contributed by atoms with Crippen LogP contribution in [0.25, 0.3) is 0 Å². The van der Waals surface area contributed by atoms with Crippen molar-refractivity contribution in [3.05, 3.63) is 65.9 Å². The van der Waals surface area contributed by atoms with Crippen molar-refractivity contribution in [2.24, 2.45) is 0 Å². The largest absolute Gasteiger partial charge is 0.454 e. The summed E-state index contributed by atoms with van der Waals surface area (Å²) in [5.41, 5.74) is 1.96. The molecule has 0 spiro atoms. The van der Waals surface area contributed by atoms with Crippen LogP contribution in [0.1, 0.15) is 5.56 Å². The van der Waals surface area contributed by atoms with Crippen LogP contribution in [-0.4, -0.2) is 48.7 Å². The number of piperazine rings is 1. The minimum absolute atomic E-state index is 0.109. The summed E-state index contributed by atoms with van der Waals surface area (Å²) < 4.78 is 10.8. The van der Waals surface area contributed by atoms with E-state index < -0.39 is 0 Å². The van der Waals surface area contributed by atoms with Gasteiger partial charge in [0.1, 0.15) is 11.6 Å². The van der Waals surface area contributed by atoms with Gasteiger partial charge in [-0.2, -0.15) is 5.26 Å². The van der Waals surface area contributed by atoms with E-state index in [0.29, 0.717) is 5.69 Å². The molecule has 7 nitrogen and oxygen atoms in total. The number of nitrogens with zero attached hydrogens (tertiary/aromatic N) is 3. The molecule has 0 radical (unpaired) electrons. The number of nitrogens with one attached hydrogen (secondary N) is 1. The van der Waals surface area contributed by atoms with Gasteiger partial charge in [0.05, 0.1) is 0 Å². The standard InChI is InChI=1S/C22H22N4O3/c23-13-18(22(27)24-19-4-2-1-3-5-19)15-26-10-8-25(9-11-26)14-17-6-7-20-21(12-17)29-16-28-20/h1-7,12,15H,8-11,14,16H2,(H,24,27)/b18-15+. The lowest BCUT2D eigenvalue weighted by molar-refractivity contribution is -0.112. The summed E-state index contributed by atoms with van der Waals surface area (Å²) >= 11 is 0. The van der Waals surface area contributed by atoms with Crippen molar-refractivity contribution in [1.29, 1.82) is 5.26 Å². The minimum Gasteiger partial charge on any atom is -0.454 e. The van der Waals surface area contributed by atoms with Crippen LogP contribution < -0.4 is 14.8 Å². The van der Waals surface area contributed by atoms with E-state index in [2.05, 4.69) is 16.3 Å². The molecule has 2 aromatic rings. The summed E-state index contributed by atoms with van der Waals surface area (Å²) in [4.78, 5) is 16.7. The first-order chi connectivity index (χ1) is 14.2. The quantitative estimate of drug-likeness (QED) is 0.625. The third-order valence-corrected chi connectivity index (χ3v) is 4.96. The molecule has 2 heterocycles. The molecule has 2 aliphatic heterocycles. The molecule has 2 aliphatic rings. The van der Waals surface area contributed by atoms with Crippen LogP contribution in [0, 0.1) is 11.3 Å². The van der Waals surface area contributed by atoms with E-state index in [9.17, 15) is 10.1 Å². The summed E-state index contributed by atoms with van der Waals surface area (Å²) in [6.07, 6.45) is 1.66. The molecule has 7 heteroatoms. The van der Waals surface area contributed by atoms with Crippen molar-refractivity contribution in [2.45, 2.75) is 6.54 Å². The fourth-order valence-electron chi connectivity index (χ4n) is 3.39. The average Bonchev–Trinajstić information content (AvgIpc) is 3.22. The number of carbonyl (C=O) groups excluding carboxylic acids is 1. The maximum atomic E-state index is 12.4. The zero-order valence-electron chi connectivity index (χ0n) is 16.0. The van der Waals surface area contributed by atoms with Gasteiger partial charge >= 0.3 is 0 Å². The van der Waals surface area contributed by atoms with Crippen LogP contribution in [0.5, 0.6) is 11.5 Å². The molecule has 0 saturated carbocycles. The molecular weight excluding hydrogens is 368 g/mol. The second-order valence-corrected chi connectivity index (χ2v) is 6.97. The van der Waals surface area contributed by atoms with Gasteiger partial charge in [0.2, 0.25) is 6.79 Å². The summed E-state index contributed by atoms with van der Waals surface area (Å²) in [5, 5.41) is 12.1. The highest BCUT2D eigenvalue weighted by molar-refractivity contribution is 6.06. The Bertz CT molecular complexity index is 944. The monoisotopic (exact) mass is 390 g/mol. The third-order valence-electron chi connectivity index (χ3n) is 4.96. The number of para-hydroxylation sites is 1. The number of rotatable bonds is 5. The van der Waals surface area contributed by atoms with E-state index >= 15 is 0 Å². The zero-order valence-corrected chi connectivity index (χ0v) is 16.0. The van der Waals surface area contributed by atoms with Gasteiger partial charge < -0.3 is 19.7 Å². The number of hydrogen-bond acceptors (Lipinski definition) is 6. The maximum Gasteiger partial charge on any atom is 0.267 e. The molecular formula is C22H22N4O3. The maximum absolute atomic E-state index is 12.4. The number of fused-ring (bicyclic) bond motifs is 1. The Balaban J connectivity index is 1.31. The molecule has 2 aromatic carbocycles. The van der Waals surface area contributed by atoms with Gasteiger partial charge in [0.25, 0.3) is 5.91 Å². The Kier molecular flexibility index (Phi) is 5.63. The molecule has 1 N–H and O–H groups in total. The van der Waals surface area contributed by atoms with Gasteiger partial charge in [-0.05, 0) is 29.8 Å². The highest BCUT2D eigenvalue weighted by Crippen LogP contribution is 2.32. The first kappa shape index (κ1) is 18.8. The van der Waals surface area contributed by atoms with E-state index in [4.69, 9.17) is 9.47 Å². The van der Waals surface area contributed by atoms with E-state index in [-0.39, 0.29) is 18.3 Å². The Morgan fingerprint density at radius 3 is 2.59 bits per heavy atom. The van der Waals surface area contributed by atoms with Crippen LogP contribution in [-0.2, 0) is 11.3 Å². The second kappa shape index (κ2) is 8.67. The lowest BCUT2D eigenvalue weighted by Gasteiger charge is -2.34. The molecule has 0 atom stereocenters. The SMILES string of the molecule is N#C/C(=C\N1CCN(Cc2ccc3c(c2)OCO3)CC1)C(=O)Nc1ccccc1. The Morgan fingerprint density at radius 2 is 1.83 bits per heavy atom. The number of hydrogen-bond donors (Lipinski definition) is 1. The van der Waals surface area contributed by atoms with Crippen LogP contribution in [0.3, 0.4) is 0 Å². The van der Waals surface area contributed by atoms with Gasteiger partial charge in [0.15, 0.2) is 11.5 Å². The summed E-state index contributed by atoms with van der Waals surface area (Å²) in [6.45, 7) is 4.33. The second-order valence-electron chi connectivity index (χ2n) is 6.97. The number of benzene rings is 2. The van der Waals surface area contributed by atoms with Gasteiger partial charge in [-0.15, -0.1) is 0 Å². The predicted molar refractivity (Wildman–Crippen MR) is 108 cm³/mol. The van der Waals surface area contributed by atoms with Gasteiger partial charge in [-0.3, -0.25) is 9.69 Å². The number of amides is 1. The Hall–Kier alpha value is -3.50. The van der Waals surface area contributed by atoms with E-state index in [1.165, 1.54) is 5.56 Å². The van der Waals surface area contributed by atoms with Crippen molar-refractivity contribution in [3.63, 3.8) is 0 Å². The highest BCUT2D eigenvalue weighted by atomic mass is 16.7. The molecule has 0 bridgehead atoms. The molecule has 1 saturated heterocycles. The summed E-state index contributed by atoms with van der Waals surface area (Å²) in [7, 11) is 0. The molecule has 0 aromatic heterocycles. The normalized spacial score (nSPS) is 16.4. The fraction of sp³-hybridized carbons (Fsp3) is 0.273. The van der Waals surface area contributed by atoms with Crippen LogP contribution in [0.15, 0.2) is 60.3 Å². The lowest BCUT2D eigenvalue weighted by Crippen LogP contribution is -2.43. The number of nitriles is 1. The topological polar surface area (TPSA) is 77.8 Å². The molecule has 148 valence electrons. The Labute approximate surface area is 169 Å². The molecule has 1 amide bonds. The van der Waals surface area contributed by atoms with Crippen molar-refractivity contribution >= 4 is 11.6 Å². The van der Waals surface area contributed by atoms with Gasteiger partial charge in [-0.25, -0.2) is 0 Å². The van der Waals surface area contributed by atoms with Crippen LogP contribution >= 0.6 is 0 Å². The zero-order chi connectivity index (χ0) is 20.1. The molecule has 1 fully saturated rings. The fourth-order valence-corrected chi connectivity index (χ4v) is 3.39. The average molecular weight is 390 g/mol. The molecule has 0 unspecified atom stereocenters. The van der Waals surface area contributed by atoms with Crippen LogP contribution in [0.2, 0.25) is 0 Å². The predicted octanol–water partition coefficient (Wildman–Crippen LogP) is 2.58. The lowest BCUT2D eigenvalue weighted by atomic mass is 10.1. The first-order valence-electron chi connectivity index (χ1n) is 9.54. The summed E-state index contributed by atoms with van der Waals surface area (Å²) in [6, 6.07) is 17.2. The highest BCUT2D eigenvalue weighted by Gasteiger charge is 2.19. The molecule has 4 rings (SSSR count). The minimum atomic E-state index is -0.388. The van der Waals surface area contributed by atoms with Gasteiger partial charge in [-0.1, -0.05) is 24.3 Å². The van der Waals surface area contributed by atoms with E-state index in [1.54, 1.807) is 18.3 Å². The third kappa shape index (κ3) is 4.68. The van der Waals surface area contributed by atoms with Crippen molar-refractivity contribution in [2.75, 3.05) is 38.3 Å². The number of ether oxygens (including phenoxy) is 2. The van der Waals surface area contributed by atoms with E-state index in [0.717, 1.165) is 44.2 Å². The van der Waals surface area contributed by atoms with Crippen molar-refractivity contribution < 1.29 is 14.3 Å².